The molecule has 1 aromatic rings. The Labute approximate surface area is 169 Å². The van der Waals surface area contributed by atoms with Gasteiger partial charge in [-0.15, -0.1) is 0 Å². The molecule has 1 unspecified atom stereocenters. The van der Waals surface area contributed by atoms with Gasteiger partial charge < -0.3 is 15.0 Å². The Hall–Kier alpha value is -2.04. The van der Waals surface area contributed by atoms with Crippen molar-refractivity contribution < 1.29 is 14.3 Å². The third-order valence-corrected chi connectivity index (χ3v) is 5.72. The van der Waals surface area contributed by atoms with E-state index in [1.807, 2.05) is 29.2 Å². The van der Waals surface area contributed by atoms with E-state index in [2.05, 4.69) is 33.0 Å². The van der Waals surface area contributed by atoms with Gasteiger partial charge >= 0.3 is 0 Å². The van der Waals surface area contributed by atoms with Crippen molar-refractivity contribution in [3.8, 4) is 5.75 Å². The summed E-state index contributed by atoms with van der Waals surface area (Å²) in [6.45, 7) is 11.6. The minimum absolute atomic E-state index is 0.0993. The number of hydrogen-bond donors (Lipinski definition) is 1. The Bertz CT molecular complexity index is 630. The van der Waals surface area contributed by atoms with Gasteiger partial charge in [-0.2, -0.15) is 0 Å². The van der Waals surface area contributed by atoms with E-state index in [9.17, 15) is 9.59 Å². The fourth-order valence-electron chi connectivity index (χ4n) is 3.65. The van der Waals surface area contributed by atoms with E-state index in [4.69, 9.17) is 4.74 Å². The van der Waals surface area contributed by atoms with Crippen LogP contribution in [0.5, 0.6) is 5.75 Å². The number of nitrogens with zero attached hydrogens (tertiary/aromatic N) is 1. The summed E-state index contributed by atoms with van der Waals surface area (Å²) in [6.07, 6.45) is 2.83. The third kappa shape index (κ3) is 5.98. The van der Waals surface area contributed by atoms with Gasteiger partial charge in [0, 0.05) is 25.0 Å². The van der Waals surface area contributed by atoms with Gasteiger partial charge in [0.1, 0.15) is 5.75 Å². The number of rotatable bonds is 8. The number of carbonyl (C=O) groups is 2. The van der Waals surface area contributed by atoms with Gasteiger partial charge in [0.15, 0.2) is 6.10 Å². The van der Waals surface area contributed by atoms with Crippen molar-refractivity contribution in [1.82, 2.24) is 10.2 Å². The van der Waals surface area contributed by atoms with Gasteiger partial charge in [-0.1, -0.05) is 39.8 Å². The standard InChI is InChI=1S/C23H36N2O3/c1-6-18(7-2)23(27)25-14-12-20(13-15-25)24-22(26)17(5)28-21-10-8-19(9-11-21)16(3)4/h8-11,16-18,20H,6-7,12-15H2,1-5H3,(H,24,26). The number of piperidine rings is 1. The number of ether oxygens (including phenoxy) is 1. The van der Waals surface area contributed by atoms with E-state index >= 15 is 0 Å². The first-order valence-corrected chi connectivity index (χ1v) is 10.7. The fraction of sp³-hybridized carbons (Fsp3) is 0.652. The van der Waals surface area contributed by atoms with Crippen LogP contribution in [0.1, 0.15) is 71.8 Å². The number of carbonyl (C=O) groups excluding carboxylic acids is 2. The molecular formula is C23H36N2O3. The topological polar surface area (TPSA) is 58.6 Å². The summed E-state index contributed by atoms with van der Waals surface area (Å²) in [4.78, 5) is 26.9. The van der Waals surface area contributed by atoms with E-state index in [0.717, 1.165) is 25.7 Å². The van der Waals surface area contributed by atoms with Crippen LogP contribution in [-0.4, -0.2) is 41.9 Å². The van der Waals surface area contributed by atoms with Crippen molar-refractivity contribution in [2.75, 3.05) is 13.1 Å². The van der Waals surface area contributed by atoms with Crippen molar-refractivity contribution in [2.45, 2.75) is 78.4 Å². The predicted octanol–water partition coefficient (Wildman–Crippen LogP) is 4.12. The maximum Gasteiger partial charge on any atom is 0.260 e. The first-order chi connectivity index (χ1) is 13.3. The summed E-state index contributed by atoms with van der Waals surface area (Å²) in [5.41, 5.74) is 1.25. The lowest BCUT2D eigenvalue weighted by atomic mass is 9.98. The summed E-state index contributed by atoms with van der Waals surface area (Å²) in [5.74, 6) is 1.46. The highest BCUT2D eigenvalue weighted by molar-refractivity contribution is 5.81. The molecule has 0 bridgehead atoms. The summed E-state index contributed by atoms with van der Waals surface area (Å²) >= 11 is 0. The monoisotopic (exact) mass is 388 g/mol. The average molecular weight is 389 g/mol. The van der Waals surface area contributed by atoms with Crippen LogP contribution >= 0.6 is 0 Å². The molecule has 156 valence electrons. The average Bonchev–Trinajstić information content (AvgIpc) is 2.69. The summed E-state index contributed by atoms with van der Waals surface area (Å²) < 4.78 is 5.80. The van der Waals surface area contributed by atoms with Crippen molar-refractivity contribution in [2.24, 2.45) is 5.92 Å². The molecular weight excluding hydrogens is 352 g/mol. The number of hydrogen-bond acceptors (Lipinski definition) is 3. The zero-order valence-electron chi connectivity index (χ0n) is 18.0. The van der Waals surface area contributed by atoms with Crippen LogP contribution in [0.25, 0.3) is 0 Å². The first-order valence-electron chi connectivity index (χ1n) is 10.7. The van der Waals surface area contributed by atoms with Gasteiger partial charge in [-0.05, 0) is 56.2 Å². The van der Waals surface area contributed by atoms with Gasteiger partial charge in [0.05, 0.1) is 0 Å². The molecule has 0 aliphatic carbocycles. The normalized spacial score (nSPS) is 16.3. The van der Waals surface area contributed by atoms with Gasteiger partial charge in [0.2, 0.25) is 5.91 Å². The Morgan fingerprint density at radius 2 is 1.64 bits per heavy atom. The van der Waals surface area contributed by atoms with Crippen molar-refractivity contribution in [3.63, 3.8) is 0 Å². The zero-order chi connectivity index (χ0) is 20.7. The van der Waals surface area contributed by atoms with Crippen LogP contribution in [-0.2, 0) is 9.59 Å². The van der Waals surface area contributed by atoms with Crippen LogP contribution < -0.4 is 10.1 Å². The number of nitrogens with one attached hydrogen (secondary N) is 1. The fourth-order valence-corrected chi connectivity index (χ4v) is 3.65. The quantitative estimate of drug-likeness (QED) is 0.729. The maximum atomic E-state index is 12.5. The third-order valence-electron chi connectivity index (χ3n) is 5.72. The molecule has 5 heteroatoms. The molecule has 1 aliphatic heterocycles. The molecule has 1 fully saturated rings. The Morgan fingerprint density at radius 3 is 2.14 bits per heavy atom. The molecule has 0 radical (unpaired) electrons. The van der Waals surface area contributed by atoms with E-state index in [0.29, 0.717) is 24.8 Å². The van der Waals surface area contributed by atoms with Crippen molar-refractivity contribution >= 4 is 11.8 Å². The Kier molecular flexibility index (Phi) is 8.34. The van der Waals surface area contributed by atoms with E-state index < -0.39 is 6.10 Å². The van der Waals surface area contributed by atoms with Crippen LogP contribution in [0.3, 0.4) is 0 Å². The van der Waals surface area contributed by atoms with Crippen molar-refractivity contribution in [3.05, 3.63) is 29.8 Å². The lowest BCUT2D eigenvalue weighted by Crippen LogP contribution is -2.50. The Morgan fingerprint density at radius 1 is 1.07 bits per heavy atom. The number of benzene rings is 1. The zero-order valence-corrected chi connectivity index (χ0v) is 18.0. The van der Waals surface area contributed by atoms with Crippen molar-refractivity contribution in [1.29, 1.82) is 0 Å². The van der Waals surface area contributed by atoms with Crippen LogP contribution in [0.4, 0.5) is 0 Å². The second-order valence-electron chi connectivity index (χ2n) is 8.11. The van der Waals surface area contributed by atoms with Gasteiger partial charge in [0.25, 0.3) is 5.91 Å². The molecule has 1 N–H and O–H groups in total. The van der Waals surface area contributed by atoms with E-state index in [-0.39, 0.29) is 23.8 Å². The lowest BCUT2D eigenvalue weighted by Gasteiger charge is -2.34. The maximum absolute atomic E-state index is 12.5. The summed E-state index contributed by atoms with van der Waals surface area (Å²) in [7, 11) is 0. The highest BCUT2D eigenvalue weighted by atomic mass is 16.5. The lowest BCUT2D eigenvalue weighted by molar-refractivity contribution is -0.137. The summed E-state index contributed by atoms with van der Waals surface area (Å²) in [5, 5.41) is 3.08. The molecule has 1 heterocycles. The molecule has 28 heavy (non-hydrogen) atoms. The highest BCUT2D eigenvalue weighted by Gasteiger charge is 2.28. The Balaban J connectivity index is 1.79. The van der Waals surface area contributed by atoms with E-state index in [1.54, 1.807) is 6.92 Å². The predicted molar refractivity (Wildman–Crippen MR) is 112 cm³/mol. The number of likely N-dealkylation sites (tertiary alicyclic amines) is 1. The molecule has 2 amide bonds. The molecule has 0 spiro atoms. The molecule has 1 aliphatic rings. The molecule has 0 saturated carbocycles. The molecule has 5 nitrogen and oxygen atoms in total. The SMILES string of the molecule is CCC(CC)C(=O)N1CCC(NC(=O)C(C)Oc2ccc(C(C)C)cc2)CC1. The first kappa shape index (κ1) is 22.3. The molecule has 0 aromatic heterocycles. The van der Waals surface area contributed by atoms with Crippen LogP contribution in [0.2, 0.25) is 0 Å². The van der Waals surface area contributed by atoms with E-state index in [1.165, 1.54) is 5.56 Å². The van der Waals surface area contributed by atoms with Gasteiger partial charge in [-0.25, -0.2) is 0 Å². The minimum Gasteiger partial charge on any atom is -0.481 e. The minimum atomic E-state index is -0.547. The highest BCUT2D eigenvalue weighted by Crippen LogP contribution is 2.20. The largest absolute Gasteiger partial charge is 0.481 e. The van der Waals surface area contributed by atoms with Crippen LogP contribution in [0, 0.1) is 5.92 Å². The molecule has 1 atom stereocenters. The number of amides is 2. The summed E-state index contributed by atoms with van der Waals surface area (Å²) in [6, 6.07) is 8.02. The van der Waals surface area contributed by atoms with Crippen LogP contribution in [0.15, 0.2) is 24.3 Å². The molecule has 1 aromatic carbocycles. The second-order valence-corrected chi connectivity index (χ2v) is 8.11. The van der Waals surface area contributed by atoms with Gasteiger partial charge in [-0.3, -0.25) is 9.59 Å². The smallest absolute Gasteiger partial charge is 0.260 e. The second kappa shape index (κ2) is 10.5. The molecule has 1 saturated heterocycles. The molecule has 2 rings (SSSR count).